The molecule has 4 rings (SSSR count). The first kappa shape index (κ1) is 19.9. The molecular weight excluding hydrogens is 375 g/mol. The molecule has 6 nitrogen and oxygen atoms in total. The number of nitrogens with zero attached hydrogens (tertiary/aromatic N) is 2. The van der Waals surface area contributed by atoms with Gasteiger partial charge in [0.25, 0.3) is 5.82 Å². The minimum Gasteiger partial charge on any atom is -0.542 e. The summed E-state index contributed by atoms with van der Waals surface area (Å²) >= 11 is 0. The van der Waals surface area contributed by atoms with E-state index in [9.17, 15) is 13.2 Å². The van der Waals surface area contributed by atoms with Gasteiger partial charge in [-0.25, -0.2) is 4.57 Å². The number of para-hydroxylation sites is 1. The number of halogens is 3. The first-order valence-corrected chi connectivity index (χ1v) is 8.75. The molecule has 0 aliphatic carbocycles. The zero-order valence-corrected chi connectivity index (χ0v) is 15.4. The molecule has 0 saturated heterocycles. The number of fused-ring (bicyclic) bond motifs is 4. The van der Waals surface area contributed by atoms with E-state index in [0.717, 1.165) is 24.6 Å². The van der Waals surface area contributed by atoms with Gasteiger partial charge < -0.3 is 14.6 Å². The number of alkyl halides is 3. The molecule has 0 saturated carbocycles. The molecule has 0 unspecified atom stereocenters. The average molecular weight is 395 g/mol. The summed E-state index contributed by atoms with van der Waals surface area (Å²) in [5.41, 5.74) is 1.28. The quantitative estimate of drug-likeness (QED) is 0.690. The molecule has 1 aromatic heterocycles. The highest BCUT2D eigenvalue weighted by atomic mass is 19.4. The van der Waals surface area contributed by atoms with Crippen LogP contribution >= 0.6 is 0 Å². The van der Waals surface area contributed by atoms with Crippen molar-refractivity contribution in [2.75, 3.05) is 11.9 Å². The normalized spacial score (nSPS) is 21.9. The standard InChI is InChI=1S/C17H19N3O.C2HF3O2/c1-17(2)13-7-10-21-14-6-4-3-5-12(14)16(13)19-15-11-18-8-9-20(15)17;3-2(4,5)1(6)7/h3-6,8-9,11,13,16H,7,10H2,1-2H3;(H,6,7)/t13-,16+;/m0./s1. The number of carbonyl (C=O) groups is 1. The first-order valence-electron chi connectivity index (χ1n) is 8.75. The summed E-state index contributed by atoms with van der Waals surface area (Å²) in [7, 11) is 0. The summed E-state index contributed by atoms with van der Waals surface area (Å²) < 4.78 is 39.8. The predicted octanol–water partition coefficient (Wildman–Crippen LogP) is 1.97. The van der Waals surface area contributed by atoms with E-state index in [1.165, 1.54) is 5.56 Å². The first-order chi connectivity index (χ1) is 13.1. The smallest absolute Gasteiger partial charge is 0.430 e. The number of carboxylic acid groups (broad SMARTS) is 1. The van der Waals surface area contributed by atoms with E-state index in [2.05, 4.69) is 53.1 Å². The Balaban J connectivity index is 0.000000279. The summed E-state index contributed by atoms with van der Waals surface area (Å²) in [6, 6.07) is 8.64. The number of ether oxygens (including phenoxy) is 1. The fourth-order valence-electron chi connectivity index (χ4n) is 3.80. The lowest BCUT2D eigenvalue weighted by molar-refractivity contribution is -0.759. The van der Waals surface area contributed by atoms with Crippen LogP contribution in [-0.4, -0.2) is 23.7 Å². The van der Waals surface area contributed by atoms with E-state index >= 15 is 0 Å². The van der Waals surface area contributed by atoms with Crippen molar-refractivity contribution < 1.29 is 32.4 Å². The Hall–Kier alpha value is -2.84. The molecule has 9 heteroatoms. The number of carboxylic acids is 1. The van der Waals surface area contributed by atoms with Gasteiger partial charge >= 0.3 is 6.18 Å². The van der Waals surface area contributed by atoms with E-state index in [1.807, 2.05) is 18.5 Å². The molecule has 1 aromatic carbocycles. The second-order valence-corrected chi connectivity index (χ2v) is 7.17. The van der Waals surface area contributed by atoms with Gasteiger partial charge in [-0.3, -0.25) is 10.3 Å². The highest BCUT2D eigenvalue weighted by Crippen LogP contribution is 2.45. The lowest BCUT2D eigenvalue weighted by atomic mass is 9.75. The number of aliphatic carboxylic acids is 1. The second-order valence-electron chi connectivity index (χ2n) is 7.17. The van der Waals surface area contributed by atoms with Gasteiger partial charge in [0.05, 0.1) is 12.8 Å². The Morgan fingerprint density at radius 2 is 2.04 bits per heavy atom. The summed E-state index contributed by atoms with van der Waals surface area (Å²) in [5.74, 6) is -0.459. The summed E-state index contributed by atoms with van der Waals surface area (Å²) in [4.78, 5) is 13.1. The van der Waals surface area contributed by atoms with Crippen molar-refractivity contribution in [1.29, 1.82) is 0 Å². The van der Waals surface area contributed by atoms with Crippen molar-refractivity contribution in [1.82, 2.24) is 4.98 Å². The largest absolute Gasteiger partial charge is 0.542 e. The van der Waals surface area contributed by atoms with Crippen LogP contribution in [0.4, 0.5) is 19.0 Å². The van der Waals surface area contributed by atoms with Gasteiger partial charge in [0, 0.05) is 11.5 Å². The van der Waals surface area contributed by atoms with Gasteiger partial charge in [-0.05, 0) is 26.3 Å². The number of aromatic nitrogens is 2. The summed E-state index contributed by atoms with van der Waals surface area (Å²) in [6.45, 7) is 5.39. The van der Waals surface area contributed by atoms with Crippen LogP contribution < -0.4 is 19.7 Å². The number of rotatable bonds is 0. The molecule has 0 spiro atoms. The van der Waals surface area contributed by atoms with E-state index in [4.69, 9.17) is 14.6 Å². The maximum absolute atomic E-state index is 10.5. The van der Waals surface area contributed by atoms with Crippen LogP contribution in [-0.2, 0) is 10.3 Å². The molecule has 2 aromatic rings. The fourth-order valence-corrected chi connectivity index (χ4v) is 3.80. The summed E-state index contributed by atoms with van der Waals surface area (Å²) in [5, 5.41) is 12.5. The molecule has 0 amide bonds. The maximum Gasteiger partial charge on any atom is 0.430 e. The Morgan fingerprint density at radius 3 is 2.71 bits per heavy atom. The predicted molar refractivity (Wildman–Crippen MR) is 91.2 cm³/mol. The van der Waals surface area contributed by atoms with E-state index < -0.39 is 12.1 Å². The van der Waals surface area contributed by atoms with E-state index in [1.54, 1.807) is 0 Å². The number of benzene rings is 1. The second kappa shape index (κ2) is 7.29. The van der Waals surface area contributed by atoms with Crippen molar-refractivity contribution in [3.8, 4) is 5.75 Å². The highest BCUT2D eigenvalue weighted by molar-refractivity contribution is 5.70. The van der Waals surface area contributed by atoms with Crippen molar-refractivity contribution in [2.45, 2.75) is 38.0 Å². The molecule has 0 fully saturated rings. The molecule has 28 heavy (non-hydrogen) atoms. The maximum atomic E-state index is 10.5. The zero-order chi connectivity index (χ0) is 20.5. The molecule has 2 aliphatic heterocycles. The molecule has 0 bridgehead atoms. The topological polar surface area (TPSA) is 78.2 Å². The molecule has 2 aliphatic rings. The molecule has 3 heterocycles. The zero-order valence-electron chi connectivity index (χ0n) is 15.4. The molecular formula is C19H20F3N3O3. The van der Waals surface area contributed by atoms with Crippen molar-refractivity contribution in [2.24, 2.45) is 5.92 Å². The van der Waals surface area contributed by atoms with E-state index in [-0.39, 0.29) is 11.6 Å². The number of hydrogen-bond donors (Lipinski definition) is 1. The van der Waals surface area contributed by atoms with Crippen LogP contribution in [0, 0.1) is 5.92 Å². The minimum atomic E-state index is -5.19. The fraction of sp³-hybridized carbons (Fsp3) is 0.421. The van der Waals surface area contributed by atoms with Gasteiger partial charge in [-0.1, -0.05) is 18.2 Å². The number of hydrogen-bond acceptors (Lipinski definition) is 5. The summed E-state index contributed by atoms with van der Waals surface area (Å²) in [6.07, 6.45) is 1.67. The molecule has 0 radical (unpaired) electrons. The van der Waals surface area contributed by atoms with E-state index in [0.29, 0.717) is 5.92 Å². The Bertz CT molecular complexity index is 871. The third-order valence-electron chi connectivity index (χ3n) is 5.16. The Labute approximate surface area is 160 Å². The van der Waals surface area contributed by atoms with Crippen molar-refractivity contribution >= 4 is 11.8 Å². The van der Waals surface area contributed by atoms with Crippen LogP contribution in [0.3, 0.4) is 0 Å². The van der Waals surface area contributed by atoms with Crippen LogP contribution in [0.1, 0.15) is 31.9 Å². The van der Waals surface area contributed by atoms with Crippen LogP contribution in [0.25, 0.3) is 0 Å². The lowest BCUT2D eigenvalue weighted by Crippen LogP contribution is -2.63. The Morgan fingerprint density at radius 1 is 1.36 bits per heavy atom. The highest BCUT2D eigenvalue weighted by Gasteiger charge is 2.49. The van der Waals surface area contributed by atoms with Gasteiger partial charge in [0.2, 0.25) is 0 Å². The van der Waals surface area contributed by atoms with Crippen LogP contribution in [0.5, 0.6) is 5.75 Å². The number of anilines is 1. The molecule has 1 N–H and O–H groups in total. The third kappa shape index (κ3) is 3.74. The van der Waals surface area contributed by atoms with Crippen LogP contribution in [0.2, 0.25) is 0 Å². The number of nitrogens with one attached hydrogen (secondary N) is 1. The molecule has 2 atom stereocenters. The van der Waals surface area contributed by atoms with Gasteiger partial charge in [-0.15, -0.1) is 0 Å². The average Bonchev–Trinajstić information content (AvgIpc) is 2.82. The van der Waals surface area contributed by atoms with Crippen molar-refractivity contribution in [3.05, 3.63) is 48.4 Å². The van der Waals surface area contributed by atoms with Gasteiger partial charge in [0.15, 0.2) is 0 Å². The Kier molecular flexibility index (Phi) is 5.18. The van der Waals surface area contributed by atoms with Crippen LogP contribution in [0.15, 0.2) is 42.9 Å². The van der Waals surface area contributed by atoms with Crippen molar-refractivity contribution in [3.63, 3.8) is 0 Å². The third-order valence-corrected chi connectivity index (χ3v) is 5.16. The minimum absolute atomic E-state index is 0.0228. The van der Waals surface area contributed by atoms with Gasteiger partial charge in [0.1, 0.15) is 35.7 Å². The monoisotopic (exact) mass is 395 g/mol. The molecule has 150 valence electrons. The lowest BCUT2D eigenvalue weighted by Gasteiger charge is -2.40. The number of carbonyl (C=O) groups excluding carboxylic acids is 1. The van der Waals surface area contributed by atoms with Gasteiger partial charge in [-0.2, -0.15) is 13.2 Å². The SMILES string of the molecule is CC1(C)[C@H]2CCOc3ccccc3[C@H]2Nc2cncc[n+]21.O=C([O-])C(F)(F)F.